The monoisotopic (exact) mass is 379 g/mol. The third-order valence-corrected chi connectivity index (χ3v) is 4.33. The Hall–Kier alpha value is -3.68. The average Bonchev–Trinajstić information content (AvgIpc) is 2.96. The number of hydrogen-bond acceptors (Lipinski definition) is 5. The van der Waals surface area contributed by atoms with Gasteiger partial charge in [-0.2, -0.15) is 5.10 Å². The van der Waals surface area contributed by atoms with E-state index in [0.717, 1.165) is 11.3 Å². The van der Waals surface area contributed by atoms with Crippen LogP contribution < -0.4 is 10.4 Å². The van der Waals surface area contributed by atoms with E-state index in [-0.39, 0.29) is 18.1 Å². The molecule has 1 heterocycles. The molecule has 0 saturated heterocycles. The molecule has 3 aromatic rings. The third-order valence-electron chi connectivity index (χ3n) is 4.33. The first kappa shape index (κ1) is 19.1. The van der Waals surface area contributed by atoms with Crippen LogP contribution in [-0.2, 0) is 17.9 Å². The van der Waals surface area contributed by atoms with Gasteiger partial charge in [-0.25, -0.2) is 0 Å². The molecule has 3 rings (SSSR count). The van der Waals surface area contributed by atoms with Gasteiger partial charge in [0, 0.05) is 0 Å². The van der Waals surface area contributed by atoms with Crippen molar-refractivity contribution in [1.82, 2.24) is 15.2 Å². The normalized spacial score (nSPS) is 10.5. The van der Waals surface area contributed by atoms with Gasteiger partial charge in [0.1, 0.15) is 17.9 Å². The largest absolute Gasteiger partial charge is 0.312 e. The second kappa shape index (κ2) is 8.34. The zero-order valence-electron chi connectivity index (χ0n) is 15.7. The van der Waals surface area contributed by atoms with E-state index in [1.54, 1.807) is 18.9 Å². The first-order valence-electron chi connectivity index (χ1n) is 8.80. The van der Waals surface area contributed by atoms with Crippen molar-refractivity contribution in [1.29, 1.82) is 0 Å². The zero-order valence-corrected chi connectivity index (χ0v) is 15.7. The minimum absolute atomic E-state index is 0.0583. The van der Waals surface area contributed by atoms with Gasteiger partial charge in [-0.05, 0) is 31.5 Å². The van der Waals surface area contributed by atoms with E-state index in [0.29, 0.717) is 17.9 Å². The van der Waals surface area contributed by atoms with E-state index in [1.807, 2.05) is 60.7 Å². The summed E-state index contributed by atoms with van der Waals surface area (Å²) < 4.78 is 1.36. The van der Waals surface area contributed by atoms with Crippen molar-refractivity contribution in [3.05, 3.63) is 87.7 Å². The Kier molecular flexibility index (Phi) is 5.69. The van der Waals surface area contributed by atoms with Gasteiger partial charge >= 0.3 is 5.69 Å². The van der Waals surface area contributed by atoms with Gasteiger partial charge in [0.05, 0.1) is 17.2 Å². The maximum absolute atomic E-state index is 12.6. The van der Waals surface area contributed by atoms with Crippen LogP contribution in [0.4, 0.5) is 11.4 Å². The van der Waals surface area contributed by atoms with Crippen LogP contribution in [0.15, 0.2) is 60.7 Å². The van der Waals surface area contributed by atoms with Crippen molar-refractivity contribution in [2.24, 2.45) is 0 Å². The second-order valence-electron chi connectivity index (χ2n) is 6.38. The molecule has 0 spiro atoms. The van der Waals surface area contributed by atoms with E-state index >= 15 is 0 Å². The number of nitrogens with zero attached hydrogens (tertiary/aromatic N) is 4. The molecule has 8 heteroatoms. The fourth-order valence-corrected chi connectivity index (χ4v) is 3.00. The topological polar surface area (TPSA) is 93.3 Å². The lowest BCUT2D eigenvalue weighted by Gasteiger charge is -2.25. The fraction of sp³-hybridized carbons (Fsp3) is 0.200. The summed E-state index contributed by atoms with van der Waals surface area (Å²) in [6.07, 6.45) is 0. The number of aromatic nitrogens is 2. The van der Waals surface area contributed by atoms with Gasteiger partial charge in [0.25, 0.3) is 5.91 Å². The number of nitrogens with one attached hydrogen (secondary N) is 1. The molecule has 0 fully saturated rings. The Morgan fingerprint density at radius 3 is 2.29 bits per heavy atom. The maximum atomic E-state index is 12.6. The molecule has 0 bridgehead atoms. The molecule has 1 amide bonds. The fourth-order valence-electron chi connectivity index (χ4n) is 3.00. The Morgan fingerprint density at radius 2 is 1.71 bits per heavy atom. The number of carbonyl (C=O) groups is 1. The van der Waals surface area contributed by atoms with Crippen LogP contribution in [0, 0.1) is 24.0 Å². The third kappa shape index (κ3) is 4.35. The summed E-state index contributed by atoms with van der Waals surface area (Å²) in [5.41, 5.74) is 5.33. The Bertz CT molecular complexity index is 970. The number of rotatable bonds is 7. The summed E-state index contributed by atoms with van der Waals surface area (Å²) in [7, 11) is 0. The molecule has 1 N–H and O–H groups in total. The van der Waals surface area contributed by atoms with Crippen molar-refractivity contribution in [2.45, 2.75) is 26.9 Å². The summed E-state index contributed by atoms with van der Waals surface area (Å²) in [5.74, 6) is -0.319. The van der Waals surface area contributed by atoms with Gasteiger partial charge in [-0.15, -0.1) is 0 Å². The minimum atomic E-state index is -0.474. The number of nitro groups is 1. The molecule has 0 aliphatic rings. The Balaban J connectivity index is 1.78. The highest BCUT2D eigenvalue weighted by Crippen LogP contribution is 2.21. The molecule has 1 aromatic heterocycles. The second-order valence-corrected chi connectivity index (χ2v) is 6.38. The van der Waals surface area contributed by atoms with E-state index in [1.165, 1.54) is 4.68 Å². The quantitative estimate of drug-likeness (QED) is 0.503. The Labute approximate surface area is 162 Å². The lowest BCUT2D eigenvalue weighted by molar-refractivity contribution is -0.386. The van der Waals surface area contributed by atoms with Gasteiger partial charge in [-0.3, -0.25) is 30.0 Å². The summed E-state index contributed by atoms with van der Waals surface area (Å²) >= 11 is 0. The van der Waals surface area contributed by atoms with Crippen LogP contribution in [0.2, 0.25) is 0 Å². The Morgan fingerprint density at radius 1 is 1.11 bits per heavy atom. The number of para-hydroxylation sites is 1. The molecule has 0 saturated carbocycles. The number of hydrazine groups is 1. The highest BCUT2D eigenvalue weighted by atomic mass is 16.6. The molecule has 0 aliphatic heterocycles. The molecule has 0 aliphatic carbocycles. The van der Waals surface area contributed by atoms with E-state index < -0.39 is 4.92 Å². The number of hydrogen-bond donors (Lipinski definition) is 1. The SMILES string of the molecule is Cc1nn(CC(=O)NN(Cc2ccccc2)c2ccccc2)c(C)c1[N+](=O)[O-]. The highest BCUT2D eigenvalue weighted by Gasteiger charge is 2.23. The van der Waals surface area contributed by atoms with Crippen LogP contribution in [0.3, 0.4) is 0 Å². The summed E-state index contributed by atoms with van der Waals surface area (Å²) in [4.78, 5) is 23.3. The molecule has 144 valence electrons. The van der Waals surface area contributed by atoms with Crippen molar-refractivity contribution in [2.75, 3.05) is 5.01 Å². The molecule has 0 unspecified atom stereocenters. The van der Waals surface area contributed by atoms with Crippen molar-refractivity contribution < 1.29 is 9.72 Å². The number of amides is 1. The van der Waals surface area contributed by atoms with Crippen LogP contribution in [-0.4, -0.2) is 20.6 Å². The highest BCUT2D eigenvalue weighted by molar-refractivity contribution is 5.78. The zero-order chi connectivity index (χ0) is 20.1. The predicted octanol–water partition coefficient (Wildman–Crippen LogP) is 3.15. The van der Waals surface area contributed by atoms with Crippen LogP contribution >= 0.6 is 0 Å². The van der Waals surface area contributed by atoms with Crippen LogP contribution in [0.5, 0.6) is 0 Å². The summed E-state index contributed by atoms with van der Waals surface area (Å²) in [6.45, 7) is 3.52. The predicted molar refractivity (Wildman–Crippen MR) is 106 cm³/mol. The van der Waals surface area contributed by atoms with E-state index in [2.05, 4.69) is 10.5 Å². The van der Waals surface area contributed by atoms with E-state index in [4.69, 9.17) is 0 Å². The van der Waals surface area contributed by atoms with Crippen LogP contribution in [0.25, 0.3) is 0 Å². The van der Waals surface area contributed by atoms with Crippen LogP contribution in [0.1, 0.15) is 17.0 Å². The minimum Gasteiger partial charge on any atom is -0.281 e. The van der Waals surface area contributed by atoms with Gasteiger partial charge in [-0.1, -0.05) is 48.5 Å². The number of carbonyl (C=O) groups excluding carboxylic acids is 1. The lowest BCUT2D eigenvalue weighted by Crippen LogP contribution is -2.43. The summed E-state index contributed by atoms with van der Waals surface area (Å²) in [6, 6.07) is 19.3. The molecule has 28 heavy (non-hydrogen) atoms. The lowest BCUT2D eigenvalue weighted by atomic mass is 10.2. The smallest absolute Gasteiger partial charge is 0.281 e. The average molecular weight is 379 g/mol. The first-order valence-corrected chi connectivity index (χ1v) is 8.80. The molecule has 8 nitrogen and oxygen atoms in total. The standard InChI is InChI=1S/C20H21N5O3/c1-15-20(25(27)28)16(2)23(21-15)14-19(26)22-24(18-11-7-4-8-12-18)13-17-9-5-3-6-10-17/h3-12H,13-14H2,1-2H3,(H,22,26). The van der Waals surface area contributed by atoms with Crippen molar-refractivity contribution in [3.63, 3.8) is 0 Å². The number of benzene rings is 2. The first-order chi connectivity index (χ1) is 13.5. The number of aryl methyl sites for hydroxylation is 1. The molecular formula is C20H21N5O3. The van der Waals surface area contributed by atoms with Gasteiger partial charge < -0.3 is 0 Å². The summed E-state index contributed by atoms with van der Waals surface area (Å²) in [5, 5.41) is 17.0. The maximum Gasteiger partial charge on any atom is 0.312 e. The molecule has 0 atom stereocenters. The van der Waals surface area contributed by atoms with E-state index in [9.17, 15) is 14.9 Å². The van der Waals surface area contributed by atoms with Gasteiger partial charge in [0.2, 0.25) is 0 Å². The van der Waals surface area contributed by atoms with Crippen molar-refractivity contribution >= 4 is 17.3 Å². The number of anilines is 1. The van der Waals surface area contributed by atoms with Crippen molar-refractivity contribution in [3.8, 4) is 0 Å². The molecule has 0 radical (unpaired) electrons. The molecule has 2 aromatic carbocycles. The van der Waals surface area contributed by atoms with Gasteiger partial charge in [0.15, 0.2) is 0 Å². The molecular weight excluding hydrogens is 358 g/mol.